The van der Waals surface area contributed by atoms with Crippen LogP contribution in [0.15, 0.2) is 30.9 Å². The third-order valence-electron chi connectivity index (χ3n) is 5.74. The van der Waals surface area contributed by atoms with Crippen LogP contribution in [0.2, 0.25) is 10.0 Å². The topological polar surface area (TPSA) is 61.4 Å². The van der Waals surface area contributed by atoms with Crippen LogP contribution in [0.3, 0.4) is 0 Å². The molecule has 2 aromatic rings. The summed E-state index contributed by atoms with van der Waals surface area (Å²) in [5.74, 6) is 0. The molecule has 1 aliphatic heterocycles. The summed E-state index contributed by atoms with van der Waals surface area (Å²) in [5.41, 5.74) is 2.68. The third kappa shape index (κ3) is 5.84. The summed E-state index contributed by atoms with van der Waals surface area (Å²) in [6, 6.07) is 4.31. The number of nitrogens with one attached hydrogen (secondary N) is 1. The summed E-state index contributed by atoms with van der Waals surface area (Å²) >= 11 is 13.0. The zero-order valence-corrected chi connectivity index (χ0v) is 19.1. The molecule has 162 valence electrons. The molecule has 0 aliphatic carbocycles. The minimum absolute atomic E-state index is 0.0139. The Bertz CT molecular complexity index is 841. The van der Waals surface area contributed by atoms with Crippen LogP contribution < -0.4 is 5.32 Å². The highest BCUT2D eigenvalue weighted by molar-refractivity contribution is 6.44. The first-order valence-corrected chi connectivity index (χ1v) is 11.1. The van der Waals surface area contributed by atoms with Gasteiger partial charge in [-0.2, -0.15) is 0 Å². The molecule has 1 saturated heterocycles. The van der Waals surface area contributed by atoms with Crippen molar-refractivity contribution in [2.75, 3.05) is 33.7 Å². The molecule has 1 fully saturated rings. The number of aromatic nitrogens is 2. The number of carbonyl (C=O) groups is 1. The second-order valence-corrected chi connectivity index (χ2v) is 8.62. The van der Waals surface area contributed by atoms with E-state index in [1.807, 2.05) is 24.1 Å². The van der Waals surface area contributed by atoms with E-state index in [1.54, 1.807) is 12.4 Å². The highest BCUT2D eigenvalue weighted by atomic mass is 35.5. The van der Waals surface area contributed by atoms with E-state index in [0.29, 0.717) is 22.6 Å². The van der Waals surface area contributed by atoms with Crippen LogP contribution in [-0.4, -0.2) is 65.6 Å². The molecule has 3 rings (SSSR count). The largest absolute Gasteiger partial charge is 0.338 e. The van der Waals surface area contributed by atoms with E-state index in [4.69, 9.17) is 23.2 Å². The lowest BCUT2D eigenvalue weighted by Gasteiger charge is -2.35. The van der Waals surface area contributed by atoms with Gasteiger partial charge in [-0.05, 0) is 57.8 Å². The molecule has 0 radical (unpaired) electrons. The number of unbranched alkanes of at least 4 members (excludes halogenated alkanes) is 1. The fraction of sp³-hybridized carbons (Fsp3) is 0.500. The van der Waals surface area contributed by atoms with E-state index in [1.165, 1.54) is 6.33 Å². The molecule has 1 aromatic heterocycles. The normalized spacial score (nSPS) is 15.2. The third-order valence-corrected chi connectivity index (χ3v) is 6.66. The highest BCUT2D eigenvalue weighted by Crippen LogP contribution is 2.36. The lowest BCUT2D eigenvalue weighted by molar-refractivity contribution is 0.148. The fourth-order valence-electron chi connectivity index (χ4n) is 3.75. The van der Waals surface area contributed by atoms with E-state index >= 15 is 0 Å². The van der Waals surface area contributed by atoms with Crippen molar-refractivity contribution in [3.8, 4) is 11.1 Å². The van der Waals surface area contributed by atoms with Gasteiger partial charge in [-0.25, -0.2) is 14.8 Å². The number of amides is 2. The Morgan fingerprint density at radius 2 is 1.87 bits per heavy atom. The van der Waals surface area contributed by atoms with Gasteiger partial charge in [0.05, 0.1) is 10.0 Å². The molecule has 1 N–H and O–H groups in total. The monoisotopic (exact) mass is 449 g/mol. The number of hydrogen-bond acceptors (Lipinski definition) is 4. The van der Waals surface area contributed by atoms with Crippen LogP contribution in [0.4, 0.5) is 4.79 Å². The molecule has 1 aliphatic rings. The van der Waals surface area contributed by atoms with Gasteiger partial charge in [0.25, 0.3) is 0 Å². The average molecular weight is 450 g/mol. The first-order valence-electron chi connectivity index (χ1n) is 10.4. The van der Waals surface area contributed by atoms with Crippen molar-refractivity contribution >= 4 is 29.2 Å². The predicted octanol–water partition coefficient (Wildman–Crippen LogP) is 4.51. The number of carbonyl (C=O) groups excluding carboxylic acids is 1. The van der Waals surface area contributed by atoms with Crippen molar-refractivity contribution in [1.29, 1.82) is 0 Å². The standard InChI is InChI=1S/C22H29Cl2N5O/c1-28-11-8-18(9-12-28)29(2)22(30)27-10-4-3-5-16-6-7-19(21(24)20(16)23)17-13-25-15-26-14-17/h6-7,13-15,18H,3-5,8-12H2,1-2H3,(H,27,30). The molecule has 30 heavy (non-hydrogen) atoms. The number of benzene rings is 1. The molecule has 0 unspecified atom stereocenters. The lowest BCUT2D eigenvalue weighted by atomic mass is 10.0. The molecule has 0 atom stereocenters. The SMILES string of the molecule is CN1CCC(N(C)C(=O)NCCCCc2ccc(-c3cncnc3)c(Cl)c2Cl)CC1. The average Bonchev–Trinajstić information content (AvgIpc) is 2.77. The minimum atomic E-state index is 0.0139. The highest BCUT2D eigenvalue weighted by Gasteiger charge is 2.23. The van der Waals surface area contributed by atoms with E-state index < -0.39 is 0 Å². The summed E-state index contributed by atoms with van der Waals surface area (Å²) < 4.78 is 0. The van der Waals surface area contributed by atoms with Crippen LogP contribution >= 0.6 is 23.2 Å². The van der Waals surface area contributed by atoms with Gasteiger partial charge in [0.1, 0.15) is 6.33 Å². The Hall–Kier alpha value is -1.89. The number of urea groups is 1. The van der Waals surface area contributed by atoms with Crippen molar-refractivity contribution in [3.63, 3.8) is 0 Å². The minimum Gasteiger partial charge on any atom is -0.338 e. The second-order valence-electron chi connectivity index (χ2n) is 7.86. The molecule has 8 heteroatoms. The Kier molecular flexibility index (Phi) is 8.31. The number of rotatable bonds is 7. The number of nitrogens with zero attached hydrogens (tertiary/aromatic N) is 4. The maximum Gasteiger partial charge on any atom is 0.317 e. The van der Waals surface area contributed by atoms with Gasteiger partial charge in [-0.3, -0.25) is 0 Å². The number of aryl methyl sites for hydroxylation is 1. The van der Waals surface area contributed by atoms with Crippen molar-refractivity contribution < 1.29 is 4.79 Å². The van der Waals surface area contributed by atoms with Gasteiger partial charge in [0.15, 0.2) is 0 Å². The van der Waals surface area contributed by atoms with Gasteiger partial charge in [0.2, 0.25) is 0 Å². The Balaban J connectivity index is 1.43. The maximum atomic E-state index is 12.4. The summed E-state index contributed by atoms with van der Waals surface area (Å²) in [7, 11) is 4.02. The maximum absolute atomic E-state index is 12.4. The smallest absolute Gasteiger partial charge is 0.317 e. The van der Waals surface area contributed by atoms with E-state index in [9.17, 15) is 4.79 Å². The van der Waals surface area contributed by atoms with Crippen molar-refractivity contribution in [1.82, 2.24) is 25.1 Å². The summed E-state index contributed by atoms with van der Waals surface area (Å²) in [5, 5.41) is 4.13. The van der Waals surface area contributed by atoms with Gasteiger partial charge < -0.3 is 15.1 Å². The molecular formula is C22H29Cl2N5O. The molecule has 0 bridgehead atoms. The van der Waals surface area contributed by atoms with Gasteiger partial charge in [-0.15, -0.1) is 0 Å². The number of halogens is 2. The molecular weight excluding hydrogens is 421 g/mol. The van der Waals surface area contributed by atoms with Crippen LogP contribution in [0.5, 0.6) is 0 Å². The predicted molar refractivity (Wildman–Crippen MR) is 122 cm³/mol. The Labute approximate surface area is 188 Å². The van der Waals surface area contributed by atoms with Gasteiger partial charge in [0, 0.05) is 43.2 Å². The Morgan fingerprint density at radius 1 is 1.17 bits per heavy atom. The van der Waals surface area contributed by atoms with Crippen molar-refractivity contribution in [2.45, 2.75) is 38.1 Å². The zero-order valence-electron chi connectivity index (χ0n) is 17.6. The van der Waals surface area contributed by atoms with Crippen LogP contribution in [0.25, 0.3) is 11.1 Å². The molecule has 2 heterocycles. The van der Waals surface area contributed by atoms with Gasteiger partial charge >= 0.3 is 6.03 Å². The summed E-state index contributed by atoms with van der Waals surface area (Å²) in [6.45, 7) is 2.74. The Morgan fingerprint density at radius 3 is 2.57 bits per heavy atom. The first kappa shape index (κ1) is 22.8. The van der Waals surface area contributed by atoms with Crippen LogP contribution in [0, 0.1) is 0 Å². The molecule has 6 nitrogen and oxygen atoms in total. The first-order chi connectivity index (χ1) is 14.5. The van der Waals surface area contributed by atoms with Crippen LogP contribution in [0.1, 0.15) is 31.2 Å². The molecule has 0 spiro atoms. The lowest BCUT2D eigenvalue weighted by Crippen LogP contribution is -2.48. The molecule has 2 amide bonds. The van der Waals surface area contributed by atoms with Crippen molar-refractivity contribution in [2.24, 2.45) is 0 Å². The van der Waals surface area contributed by atoms with Crippen molar-refractivity contribution in [3.05, 3.63) is 46.5 Å². The number of likely N-dealkylation sites (tertiary alicyclic amines) is 1. The summed E-state index contributed by atoms with van der Waals surface area (Å²) in [6.07, 6.45) is 9.60. The fourth-order valence-corrected chi connectivity index (χ4v) is 4.30. The van der Waals surface area contributed by atoms with Crippen LogP contribution in [-0.2, 0) is 6.42 Å². The number of hydrogen-bond donors (Lipinski definition) is 1. The molecule has 1 aromatic carbocycles. The quantitative estimate of drug-likeness (QED) is 0.631. The van der Waals surface area contributed by atoms with E-state index in [2.05, 4.69) is 27.2 Å². The van der Waals surface area contributed by atoms with E-state index in [0.717, 1.165) is 61.9 Å². The van der Waals surface area contributed by atoms with Gasteiger partial charge in [-0.1, -0.05) is 35.3 Å². The van der Waals surface area contributed by atoms with E-state index in [-0.39, 0.29) is 6.03 Å². The second kappa shape index (κ2) is 10.9. The molecule has 0 saturated carbocycles. The zero-order chi connectivity index (χ0) is 21.5. The summed E-state index contributed by atoms with van der Waals surface area (Å²) in [4.78, 5) is 24.6. The number of piperidine rings is 1.